The van der Waals surface area contributed by atoms with Gasteiger partial charge in [0.15, 0.2) is 0 Å². The van der Waals surface area contributed by atoms with Crippen molar-refractivity contribution in [3.05, 3.63) is 59.1 Å². The van der Waals surface area contributed by atoms with Gasteiger partial charge in [0.25, 0.3) is 0 Å². The first-order valence-corrected chi connectivity index (χ1v) is 12.6. The Morgan fingerprint density at radius 2 is 1.77 bits per heavy atom. The number of amides is 3. The van der Waals surface area contributed by atoms with Crippen molar-refractivity contribution in [2.75, 3.05) is 30.3 Å². The molecule has 2 fully saturated rings. The van der Waals surface area contributed by atoms with Gasteiger partial charge in [-0.1, -0.05) is 54.8 Å². The van der Waals surface area contributed by atoms with Gasteiger partial charge in [-0.25, -0.2) is 0 Å². The molecule has 0 saturated carbocycles. The minimum Gasteiger partial charge on any atom is -0.338 e. The van der Waals surface area contributed by atoms with Crippen LogP contribution >= 0.6 is 11.6 Å². The van der Waals surface area contributed by atoms with Crippen LogP contribution in [0.1, 0.15) is 51.0 Å². The number of benzene rings is 2. The van der Waals surface area contributed by atoms with Crippen molar-refractivity contribution >= 4 is 40.7 Å². The van der Waals surface area contributed by atoms with Crippen LogP contribution in [-0.4, -0.2) is 59.2 Å². The lowest BCUT2D eigenvalue weighted by Gasteiger charge is -2.38. The van der Waals surface area contributed by atoms with E-state index < -0.39 is 0 Å². The van der Waals surface area contributed by atoms with E-state index in [2.05, 4.69) is 27.7 Å². The first kappa shape index (κ1) is 25.2. The number of anilines is 2. The zero-order valence-corrected chi connectivity index (χ0v) is 21.1. The highest BCUT2D eigenvalue weighted by Crippen LogP contribution is 2.39. The molecular weight excluding hydrogens is 464 g/mol. The summed E-state index contributed by atoms with van der Waals surface area (Å²) in [6, 6.07) is 15.5. The second-order valence-corrected chi connectivity index (χ2v) is 9.90. The first-order valence-electron chi connectivity index (χ1n) is 12.3. The lowest BCUT2D eigenvalue weighted by atomic mass is 9.87. The van der Waals surface area contributed by atoms with Gasteiger partial charge in [0.05, 0.1) is 23.3 Å². The summed E-state index contributed by atoms with van der Waals surface area (Å²) in [5.74, 6) is -0.0898. The molecule has 0 bridgehead atoms. The largest absolute Gasteiger partial charge is 0.338 e. The quantitative estimate of drug-likeness (QED) is 0.638. The highest BCUT2D eigenvalue weighted by atomic mass is 35.5. The number of halogens is 1. The molecule has 3 atom stereocenters. The van der Waals surface area contributed by atoms with Gasteiger partial charge in [0.2, 0.25) is 17.7 Å². The van der Waals surface area contributed by atoms with E-state index in [9.17, 15) is 14.4 Å². The molecule has 0 aromatic heterocycles. The topological polar surface area (TPSA) is 81.8 Å². The van der Waals surface area contributed by atoms with Gasteiger partial charge in [-0.3, -0.25) is 19.3 Å². The Bertz CT molecular complexity index is 1080. The maximum atomic E-state index is 13.1. The predicted octanol–water partition coefficient (Wildman–Crippen LogP) is 4.50. The fourth-order valence-electron chi connectivity index (χ4n) is 5.54. The Morgan fingerprint density at radius 1 is 1.00 bits per heavy atom. The van der Waals surface area contributed by atoms with Gasteiger partial charge in [-0.05, 0) is 36.6 Å². The Morgan fingerprint density at radius 3 is 2.46 bits per heavy atom. The molecule has 2 aliphatic rings. The zero-order valence-electron chi connectivity index (χ0n) is 20.3. The Kier molecular flexibility index (Phi) is 8.08. The van der Waals surface area contributed by atoms with Crippen LogP contribution in [0.5, 0.6) is 0 Å². The third kappa shape index (κ3) is 6.03. The van der Waals surface area contributed by atoms with Gasteiger partial charge in [0.1, 0.15) is 0 Å². The molecule has 0 unspecified atom stereocenters. The average molecular weight is 497 g/mol. The van der Waals surface area contributed by atoms with E-state index in [0.29, 0.717) is 22.9 Å². The van der Waals surface area contributed by atoms with E-state index in [1.165, 1.54) is 12.5 Å². The molecule has 0 aliphatic carbocycles. The number of rotatable bonds is 5. The summed E-state index contributed by atoms with van der Waals surface area (Å²) in [4.78, 5) is 41.3. The standard InChI is InChI=1S/C27H33ClN4O3/c1-18(33)29-21-12-13-24(23(28)15-21)30-26(35)17-31-16-22(20-9-5-3-6-10-20)27-25(31)11-7-4-8-14-32(27)19(2)34/h3,5-6,9-10,12-13,15,22,25,27H,4,7-8,11,14,16-17H2,1-2H3,(H,29,33)(H,30,35)/t22-,25-,27-/m0/s1. The lowest BCUT2D eigenvalue weighted by molar-refractivity contribution is -0.132. The molecule has 2 saturated heterocycles. The molecule has 4 rings (SSSR count). The second-order valence-electron chi connectivity index (χ2n) is 9.49. The van der Waals surface area contributed by atoms with Crippen molar-refractivity contribution in [3.63, 3.8) is 0 Å². The summed E-state index contributed by atoms with van der Waals surface area (Å²) >= 11 is 6.36. The van der Waals surface area contributed by atoms with Crippen molar-refractivity contribution in [2.45, 2.75) is 57.5 Å². The summed E-state index contributed by atoms with van der Waals surface area (Å²) in [5.41, 5.74) is 2.28. The van der Waals surface area contributed by atoms with Crippen LogP contribution in [-0.2, 0) is 14.4 Å². The van der Waals surface area contributed by atoms with Gasteiger partial charge in [-0.2, -0.15) is 0 Å². The Labute approximate surface area is 211 Å². The van der Waals surface area contributed by atoms with Crippen molar-refractivity contribution in [2.24, 2.45) is 0 Å². The van der Waals surface area contributed by atoms with Crippen molar-refractivity contribution in [1.29, 1.82) is 0 Å². The van der Waals surface area contributed by atoms with Crippen LogP contribution in [0, 0.1) is 0 Å². The summed E-state index contributed by atoms with van der Waals surface area (Å²) in [5, 5.41) is 5.97. The summed E-state index contributed by atoms with van der Waals surface area (Å²) in [7, 11) is 0. The monoisotopic (exact) mass is 496 g/mol. The average Bonchev–Trinajstić information content (AvgIpc) is 3.12. The van der Waals surface area contributed by atoms with Gasteiger partial charge < -0.3 is 15.5 Å². The van der Waals surface area contributed by atoms with Crippen LogP contribution in [0.3, 0.4) is 0 Å². The van der Waals surface area contributed by atoms with Crippen LogP contribution < -0.4 is 10.6 Å². The molecule has 186 valence electrons. The molecule has 35 heavy (non-hydrogen) atoms. The van der Waals surface area contributed by atoms with E-state index in [1.54, 1.807) is 25.1 Å². The number of carbonyl (C=O) groups is 3. The SMILES string of the molecule is CC(=O)Nc1ccc(NC(=O)CN2C[C@@H](c3ccccc3)[C@H]3[C@@H]2CCCCCN3C(C)=O)c(Cl)c1. The number of nitrogens with one attached hydrogen (secondary N) is 2. The van der Waals surface area contributed by atoms with Crippen molar-refractivity contribution in [1.82, 2.24) is 9.80 Å². The number of hydrogen-bond acceptors (Lipinski definition) is 4. The molecule has 2 aromatic carbocycles. The molecule has 8 heteroatoms. The molecule has 0 radical (unpaired) electrons. The first-order chi connectivity index (χ1) is 16.8. The minimum absolute atomic E-state index is 0.0449. The number of carbonyl (C=O) groups excluding carboxylic acids is 3. The molecule has 3 amide bonds. The van der Waals surface area contributed by atoms with Crippen molar-refractivity contribution in [3.8, 4) is 0 Å². The van der Waals surface area contributed by atoms with E-state index in [-0.39, 0.29) is 42.3 Å². The molecule has 2 aliphatic heterocycles. The molecule has 7 nitrogen and oxygen atoms in total. The number of nitrogens with zero attached hydrogens (tertiary/aromatic N) is 2. The van der Waals surface area contributed by atoms with E-state index in [1.807, 2.05) is 23.1 Å². The summed E-state index contributed by atoms with van der Waals surface area (Å²) < 4.78 is 0. The van der Waals surface area contributed by atoms with Crippen LogP contribution in [0.15, 0.2) is 48.5 Å². The fraction of sp³-hybridized carbons (Fsp3) is 0.444. The molecule has 2 heterocycles. The third-order valence-corrected chi connectivity index (χ3v) is 7.32. The van der Waals surface area contributed by atoms with E-state index >= 15 is 0 Å². The van der Waals surface area contributed by atoms with Gasteiger partial charge in [0, 0.05) is 44.6 Å². The van der Waals surface area contributed by atoms with Crippen molar-refractivity contribution < 1.29 is 14.4 Å². The smallest absolute Gasteiger partial charge is 0.238 e. The highest BCUT2D eigenvalue weighted by Gasteiger charge is 2.46. The zero-order chi connectivity index (χ0) is 24.9. The van der Waals surface area contributed by atoms with Crippen LogP contribution in [0.4, 0.5) is 11.4 Å². The highest BCUT2D eigenvalue weighted by molar-refractivity contribution is 6.34. The van der Waals surface area contributed by atoms with Crippen LogP contribution in [0.25, 0.3) is 0 Å². The number of hydrogen-bond donors (Lipinski definition) is 2. The fourth-order valence-corrected chi connectivity index (χ4v) is 5.77. The minimum atomic E-state index is -0.187. The number of fused-ring (bicyclic) bond motifs is 1. The second kappa shape index (κ2) is 11.2. The third-order valence-electron chi connectivity index (χ3n) is 7.01. The summed E-state index contributed by atoms with van der Waals surface area (Å²) in [6.07, 6.45) is 4.14. The molecule has 0 spiro atoms. The summed E-state index contributed by atoms with van der Waals surface area (Å²) in [6.45, 7) is 4.78. The molecular formula is C27H33ClN4O3. The van der Waals surface area contributed by atoms with E-state index in [0.717, 1.165) is 32.2 Å². The Hall–Kier alpha value is -2.90. The lowest BCUT2D eigenvalue weighted by Crippen LogP contribution is -2.50. The maximum absolute atomic E-state index is 13.1. The molecule has 2 aromatic rings. The Balaban J connectivity index is 1.54. The molecule has 2 N–H and O–H groups in total. The predicted molar refractivity (Wildman–Crippen MR) is 139 cm³/mol. The van der Waals surface area contributed by atoms with E-state index in [4.69, 9.17) is 11.6 Å². The normalized spacial score (nSPS) is 22.6. The van der Waals surface area contributed by atoms with Gasteiger partial charge in [-0.15, -0.1) is 0 Å². The number of likely N-dealkylation sites (tertiary alicyclic amines) is 2. The van der Waals surface area contributed by atoms with Gasteiger partial charge >= 0.3 is 0 Å². The van der Waals surface area contributed by atoms with Crippen LogP contribution in [0.2, 0.25) is 5.02 Å². The maximum Gasteiger partial charge on any atom is 0.238 e.